The summed E-state index contributed by atoms with van der Waals surface area (Å²) >= 11 is 0. The van der Waals surface area contributed by atoms with Gasteiger partial charge in [-0.05, 0) is 19.9 Å². The first kappa shape index (κ1) is 46.5. The van der Waals surface area contributed by atoms with E-state index in [9.17, 15) is 54.3 Å². The summed E-state index contributed by atoms with van der Waals surface area (Å²) in [5, 5.41) is 57.0. The lowest BCUT2D eigenvalue weighted by atomic mass is 9.72. The number of rotatable bonds is 8. The fourth-order valence-corrected chi connectivity index (χ4v) is 10.1. The minimum atomic E-state index is -2.24. The van der Waals surface area contributed by atoms with E-state index in [-0.39, 0.29) is 88.1 Å². The van der Waals surface area contributed by atoms with Crippen molar-refractivity contribution >= 4 is 47.4 Å². The van der Waals surface area contributed by atoms with Gasteiger partial charge in [-0.15, -0.1) is 12.4 Å². The zero-order valence-electron chi connectivity index (χ0n) is 34.9. The Morgan fingerprint density at radius 2 is 1.72 bits per heavy atom. The van der Waals surface area contributed by atoms with Crippen LogP contribution in [0.4, 0.5) is 4.79 Å². The number of carbonyl (C=O) groups is 6. The monoisotopic (exact) mass is 913 g/mol. The van der Waals surface area contributed by atoms with Crippen LogP contribution in [-0.2, 0) is 39.8 Å². The topological polar surface area (TPSA) is 353 Å². The van der Waals surface area contributed by atoms with Crippen LogP contribution in [0.1, 0.15) is 75.8 Å². The molecular weight excluding hydrogens is 866 g/mol. The van der Waals surface area contributed by atoms with Gasteiger partial charge in [-0.3, -0.25) is 24.0 Å². The van der Waals surface area contributed by atoms with Gasteiger partial charge in [0.05, 0.1) is 65.5 Å². The van der Waals surface area contributed by atoms with Gasteiger partial charge in [0, 0.05) is 72.8 Å². The average molecular weight is 914 g/mol. The van der Waals surface area contributed by atoms with Crippen molar-refractivity contribution in [3.05, 3.63) is 74.1 Å². The quantitative estimate of drug-likeness (QED) is 0.0726. The van der Waals surface area contributed by atoms with Crippen LogP contribution in [-0.4, -0.2) is 147 Å². The highest BCUT2D eigenvalue weighted by Crippen LogP contribution is 2.56. The van der Waals surface area contributed by atoms with Gasteiger partial charge in [-0.1, -0.05) is 12.1 Å². The second-order valence-electron chi connectivity index (χ2n) is 16.6. The molecule has 7 aliphatic rings. The lowest BCUT2D eigenvalue weighted by molar-refractivity contribution is -0.247. The number of benzene rings is 2. The number of methoxy groups -OCH3 is 2. The summed E-state index contributed by atoms with van der Waals surface area (Å²) in [7, 11) is 2.84. The number of aliphatic hydroxyl groups is 3. The third-order valence-electron chi connectivity index (χ3n) is 13.3. The molecule has 3 aliphatic carbocycles. The molecular formula is C42H48ClN5O16. The molecule has 0 unspecified atom stereocenters. The van der Waals surface area contributed by atoms with Crippen LogP contribution < -0.4 is 27.3 Å². The molecule has 22 heteroatoms. The second-order valence-corrected chi connectivity index (χ2v) is 16.6. The molecule has 12 N–H and O–H groups in total. The Bertz CT molecular complexity index is 2460. The van der Waals surface area contributed by atoms with Gasteiger partial charge >= 0.3 is 6.09 Å². The number of hydrogen-bond donors (Lipinski definition) is 9. The number of nitrogens with zero attached hydrogens (tertiary/aromatic N) is 1. The first-order valence-electron chi connectivity index (χ1n) is 20.1. The lowest BCUT2D eigenvalue weighted by Crippen LogP contribution is -2.55. The summed E-state index contributed by atoms with van der Waals surface area (Å²) in [5.74, 6) is -5.11. The molecule has 4 aliphatic heterocycles. The number of phenols is 2. The maximum absolute atomic E-state index is 13.6. The van der Waals surface area contributed by atoms with Crippen LogP contribution >= 0.6 is 12.4 Å². The number of allylic oxidation sites excluding steroid dienone is 2. The predicted octanol–water partition coefficient (Wildman–Crippen LogP) is -1.23. The smallest absolute Gasteiger partial charge is 0.404 e. The minimum absolute atomic E-state index is 0. The van der Waals surface area contributed by atoms with Crippen molar-refractivity contribution in [1.82, 2.24) is 10.2 Å². The minimum Gasteiger partial charge on any atom is -0.507 e. The van der Waals surface area contributed by atoms with Crippen molar-refractivity contribution in [3.63, 3.8) is 0 Å². The molecule has 10 atom stereocenters. The van der Waals surface area contributed by atoms with Crippen molar-refractivity contribution in [2.24, 2.45) is 23.1 Å². The molecule has 64 heavy (non-hydrogen) atoms. The summed E-state index contributed by atoms with van der Waals surface area (Å²) in [5.41, 5.74) is 13.0. The Morgan fingerprint density at radius 3 is 2.34 bits per heavy atom. The highest BCUT2D eigenvalue weighted by Gasteiger charge is 2.72. The Morgan fingerprint density at radius 1 is 1.03 bits per heavy atom. The third kappa shape index (κ3) is 6.76. The lowest BCUT2D eigenvalue weighted by Gasteiger charge is -2.42. The van der Waals surface area contributed by atoms with Crippen molar-refractivity contribution in [3.8, 4) is 17.2 Å². The number of piperazine rings is 1. The van der Waals surface area contributed by atoms with Gasteiger partial charge in [0.25, 0.3) is 0 Å². The first-order valence-corrected chi connectivity index (χ1v) is 20.1. The SMILES string of the molecule is CO[C@@]12[C@H](COC(N)=O)C3=C(C(=O)C(C)=C(N)C3=O)N1C[C@@H]1N[C@@H]12.COc1cccc2c1C(=O)c1c(O)c3c(c(O)c1C2=O)C[C@@](O)(C(=O)CO)C[C@@H]3O[C@H]1C[C@H](N)[C@H](O)[C@H](C)O1.Cl. The molecule has 0 aromatic heterocycles. The van der Waals surface area contributed by atoms with E-state index in [1.807, 2.05) is 4.90 Å². The van der Waals surface area contributed by atoms with E-state index in [4.69, 9.17) is 40.9 Å². The average Bonchev–Trinajstić information content (AvgIpc) is 3.87. The number of ketones is 5. The maximum Gasteiger partial charge on any atom is 0.404 e. The number of fused-ring (bicyclic) bond motifs is 7. The number of Topliss-reactive ketones (excluding diaryl/α,β-unsaturated/α-hetero) is 3. The fraction of sp³-hybridized carbons (Fsp3) is 0.476. The Hall–Kier alpha value is -5.49. The Labute approximate surface area is 370 Å². The molecule has 2 aromatic rings. The van der Waals surface area contributed by atoms with Gasteiger partial charge < -0.3 is 76.6 Å². The van der Waals surface area contributed by atoms with E-state index in [1.165, 1.54) is 39.3 Å². The maximum atomic E-state index is 13.6. The first-order chi connectivity index (χ1) is 29.8. The molecule has 2 aromatic carbocycles. The van der Waals surface area contributed by atoms with Crippen LogP contribution in [0.5, 0.6) is 17.2 Å². The number of hydrogen-bond acceptors (Lipinski definition) is 20. The Kier molecular flexibility index (Phi) is 12.0. The predicted molar refractivity (Wildman–Crippen MR) is 219 cm³/mol. The van der Waals surface area contributed by atoms with Gasteiger partial charge in [-0.25, -0.2) is 4.79 Å². The van der Waals surface area contributed by atoms with Gasteiger partial charge in [0.2, 0.25) is 17.3 Å². The molecule has 3 saturated heterocycles. The second kappa shape index (κ2) is 16.5. The van der Waals surface area contributed by atoms with E-state index >= 15 is 0 Å². The fourth-order valence-electron chi connectivity index (χ4n) is 10.1. The molecule has 0 spiro atoms. The van der Waals surface area contributed by atoms with Crippen molar-refractivity contribution in [2.75, 3.05) is 34.0 Å². The van der Waals surface area contributed by atoms with Crippen LogP contribution in [0.3, 0.4) is 0 Å². The summed E-state index contributed by atoms with van der Waals surface area (Å²) < 4.78 is 27.8. The van der Waals surface area contributed by atoms with Crippen LogP contribution in [0.2, 0.25) is 0 Å². The van der Waals surface area contributed by atoms with Crippen LogP contribution in [0.25, 0.3) is 0 Å². The molecule has 1 amide bonds. The molecule has 0 bridgehead atoms. The molecule has 21 nitrogen and oxygen atoms in total. The standard InChI is InChI=1S/C27H29NO11.C15H18N4O5.ClH/c1-10-22(31)13(28)6-17(38-10)39-15-8-27(36,16(30)9-29)7-12-19(15)26(35)21-20(24(12)33)23(32)11-4-3-5-14(37-2)18(11)25(21)34;1-5-9(16)12(21)8-6(4-24-14(17)22)15(23-2)13-7(18-13)3-19(15)10(8)11(5)20;/h3-5,10,13,15,17,22,29,31,33,35-36H,6-9,28H2,1-2H3;6-7,13,18H,3-4,16H2,1-2H3,(H2,17,22);1H/t10-,13-,15-,17-,22+,27-;6-,7+,13+,15-;/m01./s1. The summed E-state index contributed by atoms with van der Waals surface area (Å²) in [6.45, 7) is 2.48. The molecule has 344 valence electrons. The molecule has 4 heterocycles. The number of amides is 1. The number of aliphatic hydroxyl groups excluding tert-OH is 2. The van der Waals surface area contributed by atoms with Gasteiger partial charge in [0.1, 0.15) is 36.1 Å². The largest absolute Gasteiger partial charge is 0.507 e. The molecule has 9 rings (SSSR count). The molecule has 0 saturated carbocycles. The zero-order valence-corrected chi connectivity index (χ0v) is 35.7. The number of carbonyl (C=O) groups excluding carboxylic acids is 6. The number of aromatic hydroxyl groups is 2. The van der Waals surface area contributed by atoms with Crippen molar-refractivity contribution in [1.29, 1.82) is 0 Å². The summed E-state index contributed by atoms with van der Waals surface area (Å²) in [6.07, 6.45) is -6.07. The number of phenolic OH excluding ortho intramolecular Hbond substituents is 2. The third-order valence-corrected chi connectivity index (χ3v) is 13.3. The number of nitrogens with two attached hydrogens (primary N) is 3. The highest BCUT2D eigenvalue weighted by atomic mass is 35.5. The van der Waals surface area contributed by atoms with Crippen molar-refractivity contribution < 1.29 is 78.0 Å². The molecule has 3 fully saturated rings. The summed E-state index contributed by atoms with van der Waals surface area (Å²) in [6, 6.07) is 3.74. The van der Waals surface area contributed by atoms with E-state index in [0.717, 1.165) is 0 Å². The number of ether oxygens (including phenoxy) is 5. The Balaban J connectivity index is 0.000000210. The van der Waals surface area contributed by atoms with Gasteiger partial charge in [-0.2, -0.15) is 0 Å². The zero-order chi connectivity index (χ0) is 45.8. The van der Waals surface area contributed by atoms with Crippen LogP contribution in [0.15, 0.2) is 40.7 Å². The normalized spacial score (nSPS) is 32.0. The number of nitrogens with one attached hydrogen (secondary N) is 1. The van der Waals surface area contributed by atoms with E-state index in [2.05, 4.69) is 5.32 Å². The van der Waals surface area contributed by atoms with E-state index in [0.29, 0.717) is 12.2 Å². The number of primary amides is 1. The van der Waals surface area contributed by atoms with Crippen molar-refractivity contribution in [2.45, 2.75) is 87.2 Å². The van der Waals surface area contributed by atoms with E-state index in [1.54, 1.807) is 6.92 Å². The van der Waals surface area contributed by atoms with Gasteiger partial charge in [0.15, 0.2) is 23.6 Å². The highest BCUT2D eigenvalue weighted by molar-refractivity contribution is 6.31. The molecule has 0 radical (unpaired) electrons. The number of halogens is 1. The van der Waals surface area contributed by atoms with E-state index < -0.39 is 119 Å². The van der Waals surface area contributed by atoms with Crippen LogP contribution in [0, 0.1) is 5.92 Å². The summed E-state index contributed by atoms with van der Waals surface area (Å²) in [4.78, 5) is 78.2.